The van der Waals surface area contributed by atoms with Crippen LogP contribution in [0.15, 0.2) is 29.2 Å². The average Bonchev–Trinajstić information content (AvgIpc) is 2.37. The third-order valence-corrected chi connectivity index (χ3v) is 4.60. The number of benzene rings is 1. The molecule has 114 valence electrons. The fraction of sp³-hybridized carbons (Fsp3) is 0.455. The number of rotatable bonds is 6. The fourth-order valence-corrected chi connectivity index (χ4v) is 3.56. The Bertz CT molecular complexity index is 531. The van der Waals surface area contributed by atoms with Gasteiger partial charge in [-0.1, -0.05) is 15.9 Å². The molecule has 0 saturated heterocycles. The number of alkyl halides is 4. The lowest BCUT2D eigenvalue weighted by atomic mass is 10.3. The molecule has 0 N–H and O–H groups in total. The number of hydrogen-bond donors (Lipinski definition) is 0. The minimum atomic E-state index is -4.60. The maximum atomic E-state index is 12.5. The summed E-state index contributed by atoms with van der Waals surface area (Å²) in [5.74, 6) is 0.423. The molecule has 0 radical (unpaired) electrons. The molecule has 1 rings (SSSR count). The van der Waals surface area contributed by atoms with Crippen molar-refractivity contribution >= 4 is 26.0 Å². The largest absolute Gasteiger partial charge is 0.497 e. The molecule has 0 amide bonds. The molecule has 20 heavy (non-hydrogen) atoms. The van der Waals surface area contributed by atoms with E-state index in [-0.39, 0.29) is 16.8 Å². The predicted molar refractivity (Wildman–Crippen MR) is 71.6 cm³/mol. The molecular formula is C11H13BrF3NO3S. The van der Waals surface area contributed by atoms with E-state index in [0.29, 0.717) is 10.1 Å². The Morgan fingerprint density at radius 2 is 1.80 bits per heavy atom. The lowest BCUT2D eigenvalue weighted by Crippen LogP contribution is -2.40. The summed E-state index contributed by atoms with van der Waals surface area (Å²) in [4.78, 5) is -0.205. The van der Waals surface area contributed by atoms with Crippen LogP contribution in [0.3, 0.4) is 0 Å². The molecule has 0 aliphatic rings. The number of methoxy groups -OCH3 is 1. The van der Waals surface area contributed by atoms with Crippen molar-refractivity contribution in [1.29, 1.82) is 0 Å². The molecule has 1 aromatic rings. The van der Waals surface area contributed by atoms with Crippen molar-refractivity contribution in [3.8, 4) is 5.75 Å². The van der Waals surface area contributed by atoms with Crippen molar-refractivity contribution in [2.45, 2.75) is 11.1 Å². The van der Waals surface area contributed by atoms with Crippen molar-refractivity contribution in [3.05, 3.63) is 24.3 Å². The molecule has 0 spiro atoms. The second kappa shape index (κ2) is 6.77. The molecular weight excluding hydrogens is 363 g/mol. The number of halogens is 4. The highest BCUT2D eigenvalue weighted by molar-refractivity contribution is 9.09. The van der Waals surface area contributed by atoms with E-state index < -0.39 is 22.7 Å². The normalized spacial score (nSPS) is 12.7. The van der Waals surface area contributed by atoms with Gasteiger partial charge < -0.3 is 4.74 Å². The summed E-state index contributed by atoms with van der Waals surface area (Å²) in [6.45, 7) is -1.79. The summed E-state index contributed by atoms with van der Waals surface area (Å²) >= 11 is 2.95. The van der Waals surface area contributed by atoms with Crippen molar-refractivity contribution in [1.82, 2.24) is 4.31 Å². The van der Waals surface area contributed by atoms with Crippen LogP contribution in [0.25, 0.3) is 0 Å². The highest BCUT2D eigenvalue weighted by Gasteiger charge is 2.36. The maximum absolute atomic E-state index is 12.5. The third kappa shape index (κ3) is 4.64. The SMILES string of the molecule is COc1ccc(S(=O)(=O)N(CCBr)CC(F)(F)F)cc1. The zero-order chi connectivity index (χ0) is 15.4. The first-order chi connectivity index (χ1) is 9.20. The quantitative estimate of drug-likeness (QED) is 0.718. The first-order valence-electron chi connectivity index (χ1n) is 5.47. The van der Waals surface area contributed by atoms with Crippen LogP contribution in [0, 0.1) is 0 Å². The zero-order valence-electron chi connectivity index (χ0n) is 10.5. The number of sulfonamides is 1. The van der Waals surface area contributed by atoms with Crippen LogP contribution in [0.5, 0.6) is 5.75 Å². The number of nitrogens with zero attached hydrogens (tertiary/aromatic N) is 1. The minimum Gasteiger partial charge on any atom is -0.497 e. The fourth-order valence-electron chi connectivity index (χ4n) is 1.48. The van der Waals surface area contributed by atoms with E-state index in [4.69, 9.17) is 4.74 Å². The Labute approximate surface area is 123 Å². The van der Waals surface area contributed by atoms with Crippen LogP contribution >= 0.6 is 15.9 Å². The molecule has 0 aliphatic carbocycles. The first-order valence-corrected chi connectivity index (χ1v) is 8.04. The molecule has 1 aromatic carbocycles. The van der Waals surface area contributed by atoms with Crippen LogP contribution in [0.2, 0.25) is 0 Å². The average molecular weight is 376 g/mol. The third-order valence-electron chi connectivity index (χ3n) is 2.39. The Kier molecular flexibility index (Phi) is 5.84. The standard InChI is InChI=1S/C11H13BrF3NO3S/c1-19-9-2-4-10(5-3-9)20(17,18)16(7-6-12)8-11(13,14)15/h2-5H,6-8H2,1H3. The molecule has 0 saturated carbocycles. The Morgan fingerprint density at radius 1 is 1.25 bits per heavy atom. The van der Waals surface area contributed by atoms with Crippen LogP contribution in [0.4, 0.5) is 13.2 Å². The van der Waals surface area contributed by atoms with Gasteiger partial charge in [-0.15, -0.1) is 0 Å². The number of ether oxygens (including phenoxy) is 1. The molecule has 0 aliphatic heterocycles. The molecule has 0 atom stereocenters. The van der Waals surface area contributed by atoms with E-state index in [1.807, 2.05) is 0 Å². The Hall–Kier alpha value is -0.800. The second-order valence-corrected chi connectivity index (χ2v) is 6.55. The summed E-state index contributed by atoms with van der Waals surface area (Å²) in [6, 6.07) is 5.19. The summed E-state index contributed by atoms with van der Waals surface area (Å²) in [5, 5.41) is 0.110. The van der Waals surface area contributed by atoms with Gasteiger partial charge in [-0.2, -0.15) is 17.5 Å². The summed E-state index contributed by atoms with van der Waals surface area (Å²) in [6.07, 6.45) is -4.60. The van der Waals surface area contributed by atoms with E-state index in [1.165, 1.54) is 31.4 Å². The summed E-state index contributed by atoms with van der Waals surface area (Å²) in [7, 11) is -2.79. The zero-order valence-corrected chi connectivity index (χ0v) is 12.9. The van der Waals surface area contributed by atoms with E-state index in [0.717, 1.165) is 0 Å². The van der Waals surface area contributed by atoms with Crippen LogP contribution in [-0.4, -0.2) is 44.4 Å². The van der Waals surface area contributed by atoms with Crippen molar-refractivity contribution in [2.75, 3.05) is 25.5 Å². The van der Waals surface area contributed by atoms with Gasteiger partial charge in [0.1, 0.15) is 12.3 Å². The summed E-state index contributed by atoms with van der Waals surface area (Å²) < 4.78 is 67.0. The van der Waals surface area contributed by atoms with Gasteiger partial charge in [0.25, 0.3) is 0 Å². The number of hydrogen-bond acceptors (Lipinski definition) is 3. The predicted octanol–water partition coefficient (Wildman–Crippen LogP) is 2.64. The molecule has 4 nitrogen and oxygen atoms in total. The van der Waals surface area contributed by atoms with Gasteiger partial charge in [-0.05, 0) is 24.3 Å². The summed E-state index contributed by atoms with van der Waals surface area (Å²) in [5.41, 5.74) is 0. The molecule has 0 heterocycles. The van der Waals surface area contributed by atoms with Crippen molar-refractivity contribution in [2.24, 2.45) is 0 Å². The molecule has 0 aromatic heterocycles. The van der Waals surface area contributed by atoms with E-state index in [9.17, 15) is 21.6 Å². The first kappa shape index (κ1) is 17.3. The molecule has 0 bridgehead atoms. The lowest BCUT2D eigenvalue weighted by molar-refractivity contribution is -0.135. The molecule has 9 heteroatoms. The Morgan fingerprint density at radius 3 is 2.20 bits per heavy atom. The van der Waals surface area contributed by atoms with Gasteiger partial charge >= 0.3 is 6.18 Å². The molecule has 0 unspecified atom stereocenters. The van der Waals surface area contributed by atoms with E-state index in [1.54, 1.807) is 0 Å². The van der Waals surface area contributed by atoms with Gasteiger partial charge in [0.05, 0.1) is 12.0 Å². The minimum absolute atomic E-state index is 0.110. The highest BCUT2D eigenvalue weighted by atomic mass is 79.9. The van der Waals surface area contributed by atoms with Gasteiger partial charge in [0.15, 0.2) is 0 Å². The molecule has 0 fully saturated rings. The topological polar surface area (TPSA) is 46.6 Å². The van der Waals surface area contributed by atoms with Crippen LogP contribution in [0.1, 0.15) is 0 Å². The van der Waals surface area contributed by atoms with Crippen LogP contribution in [-0.2, 0) is 10.0 Å². The van der Waals surface area contributed by atoms with Crippen molar-refractivity contribution in [3.63, 3.8) is 0 Å². The van der Waals surface area contributed by atoms with Crippen LogP contribution < -0.4 is 4.74 Å². The lowest BCUT2D eigenvalue weighted by Gasteiger charge is -2.22. The van der Waals surface area contributed by atoms with E-state index >= 15 is 0 Å². The van der Waals surface area contributed by atoms with Gasteiger partial charge in [0.2, 0.25) is 10.0 Å². The van der Waals surface area contributed by atoms with Crippen molar-refractivity contribution < 1.29 is 26.3 Å². The van der Waals surface area contributed by atoms with Gasteiger partial charge in [-0.3, -0.25) is 0 Å². The smallest absolute Gasteiger partial charge is 0.402 e. The second-order valence-electron chi connectivity index (χ2n) is 3.82. The van der Waals surface area contributed by atoms with E-state index in [2.05, 4.69) is 15.9 Å². The Balaban J connectivity index is 3.08. The van der Waals surface area contributed by atoms with Gasteiger partial charge in [0, 0.05) is 11.9 Å². The maximum Gasteiger partial charge on any atom is 0.402 e. The van der Waals surface area contributed by atoms with Gasteiger partial charge in [-0.25, -0.2) is 8.42 Å². The highest BCUT2D eigenvalue weighted by Crippen LogP contribution is 2.24. The monoisotopic (exact) mass is 375 g/mol.